The molecule has 0 bridgehead atoms. The third-order valence-electron chi connectivity index (χ3n) is 2.34. The molecule has 2 amide bonds. The first-order valence-corrected chi connectivity index (χ1v) is 7.18. The Labute approximate surface area is 125 Å². The molecule has 2 rings (SSSR count). The Bertz CT molecular complexity index is 494. The number of imide groups is 1. The van der Waals surface area contributed by atoms with Crippen molar-refractivity contribution in [2.24, 2.45) is 0 Å². The average molecular weight is 477 g/mol. The van der Waals surface area contributed by atoms with Gasteiger partial charge in [-0.25, -0.2) is 3.93 Å². The molecule has 0 atom stereocenters. The minimum atomic E-state index is -0.358. The standard InChI is InChI=1S/C9H3Br4NO2/c1-2-3-4(6(11)7(12)5(2)10)9(16)14(13)8(3)15/h1H3. The molecule has 16 heavy (non-hydrogen) atoms. The van der Waals surface area contributed by atoms with E-state index in [2.05, 4.69) is 63.9 Å². The van der Waals surface area contributed by atoms with Gasteiger partial charge in [0.2, 0.25) is 0 Å². The zero-order valence-electron chi connectivity index (χ0n) is 7.78. The van der Waals surface area contributed by atoms with Gasteiger partial charge in [-0.05, 0) is 60.3 Å². The molecule has 0 fully saturated rings. The Morgan fingerprint density at radius 1 is 0.875 bits per heavy atom. The normalized spacial score (nSPS) is 14.7. The Hall–Kier alpha value is 0.280. The SMILES string of the molecule is Cc1c(Br)c(Br)c(Br)c2c1C(=O)N(Br)C2=O. The van der Waals surface area contributed by atoms with Crippen molar-refractivity contribution in [1.82, 2.24) is 3.93 Å². The number of amides is 2. The van der Waals surface area contributed by atoms with E-state index < -0.39 is 0 Å². The van der Waals surface area contributed by atoms with Crippen LogP contribution in [0.3, 0.4) is 0 Å². The molecule has 0 N–H and O–H groups in total. The van der Waals surface area contributed by atoms with Gasteiger partial charge in [0, 0.05) is 13.4 Å². The summed E-state index contributed by atoms with van der Waals surface area (Å²) in [6, 6.07) is 0. The molecule has 3 nitrogen and oxygen atoms in total. The highest BCUT2D eigenvalue weighted by Crippen LogP contribution is 2.43. The number of carbonyl (C=O) groups is 2. The van der Waals surface area contributed by atoms with Gasteiger partial charge in [0.15, 0.2) is 0 Å². The quantitative estimate of drug-likeness (QED) is 0.320. The van der Waals surface area contributed by atoms with Crippen LogP contribution in [-0.2, 0) is 0 Å². The van der Waals surface area contributed by atoms with Crippen LogP contribution in [0.5, 0.6) is 0 Å². The molecule has 7 heteroatoms. The lowest BCUT2D eigenvalue weighted by atomic mass is 10.0. The predicted octanol–water partition coefficient (Wildman–Crippen LogP) is 4.19. The number of hydrogen-bond donors (Lipinski definition) is 0. The van der Waals surface area contributed by atoms with Crippen molar-refractivity contribution in [3.8, 4) is 0 Å². The molecule has 1 aromatic rings. The van der Waals surface area contributed by atoms with E-state index in [1.807, 2.05) is 0 Å². The van der Waals surface area contributed by atoms with E-state index in [4.69, 9.17) is 0 Å². The van der Waals surface area contributed by atoms with Crippen LogP contribution in [0.15, 0.2) is 13.4 Å². The number of benzene rings is 1. The molecule has 1 heterocycles. The average Bonchev–Trinajstić information content (AvgIpc) is 2.48. The lowest BCUT2D eigenvalue weighted by Crippen LogP contribution is -2.17. The minimum Gasteiger partial charge on any atom is -0.268 e. The molecular formula is C9H3Br4NO2. The molecule has 0 spiro atoms. The number of rotatable bonds is 0. The maximum Gasteiger partial charge on any atom is 0.272 e. The number of carbonyl (C=O) groups excluding carboxylic acids is 2. The highest BCUT2D eigenvalue weighted by atomic mass is 79.9. The molecular weight excluding hydrogens is 474 g/mol. The Balaban J connectivity index is 2.91. The van der Waals surface area contributed by atoms with E-state index >= 15 is 0 Å². The van der Waals surface area contributed by atoms with Crippen molar-refractivity contribution in [3.05, 3.63) is 30.1 Å². The van der Waals surface area contributed by atoms with Crippen LogP contribution < -0.4 is 0 Å². The third-order valence-corrected chi connectivity index (χ3v) is 6.63. The predicted molar refractivity (Wildman–Crippen MR) is 73.7 cm³/mol. The van der Waals surface area contributed by atoms with Crippen LogP contribution in [0.25, 0.3) is 0 Å². The smallest absolute Gasteiger partial charge is 0.268 e. The molecule has 0 aliphatic carbocycles. The van der Waals surface area contributed by atoms with Crippen LogP contribution in [0.1, 0.15) is 26.3 Å². The molecule has 84 valence electrons. The zero-order chi connectivity index (χ0) is 12.2. The summed E-state index contributed by atoms with van der Waals surface area (Å²) in [5, 5.41) is 0. The highest BCUT2D eigenvalue weighted by Gasteiger charge is 2.39. The summed E-state index contributed by atoms with van der Waals surface area (Å²) < 4.78 is 3.02. The van der Waals surface area contributed by atoms with Crippen LogP contribution in [0.4, 0.5) is 0 Å². The van der Waals surface area contributed by atoms with E-state index in [0.717, 1.165) is 18.4 Å². The zero-order valence-corrected chi connectivity index (χ0v) is 14.1. The van der Waals surface area contributed by atoms with E-state index in [1.165, 1.54) is 0 Å². The number of halogens is 4. The molecule has 1 aliphatic heterocycles. The van der Waals surface area contributed by atoms with Crippen molar-refractivity contribution in [3.63, 3.8) is 0 Å². The van der Waals surface area contributed by atoms with Gasteiger partial charge in [0.05, 0.1) is 27.3 Å². The first-order valence-electron chi connectivity index (χ1n) is 4.09. The van der Waals surface area contributed by atoms with E-state index in [-0.39, 0.29) is 11.8 Å². The van der Waals surface area contributed by atoms with E-state index in [1.54, 1.807) is 6.92 Å². The van der Waals surface area contributed by atoms with Gasteiger partial charge in [-0.1, -0.05) is 0 Å². The third kappa shape index (κ3) is 1.55. The summed E-state index contributed by atoms with van der Waals surface area (Å²) in [6.07, 6.45) is 0. The lowest BCUT2D eigenvalue weighted by molar-refractivity contribution is 0.0785. The van der Waals surface area contributed by atoms with Crippen LogP contribution >= 0.6 is 63.9 Å². The lowest BCUT2D eigenvalue weighted by Gasteiger charge is -2.08. The molecule has 0 saturated heterocycles. The van der Waals surface area contributed by atoms with Gasteiger partial charge in [-0.3, -0.25) is 9.59 Å². The van der Waals surface area contributed by atoms with Crippen molar-refractivity contribution >= 4 is 75.8 Å². The van der Waals surface area contributed by atoms with Crippen molar-refractivity contribution in [2.45, 2.75) is 6.92 Å². The maximum absolute atomic E-state index is 11.8. The van der Waals surface area contributed by atoms with Gasteiger partial charge in [0.25, 0.3) is 11.8 Å². The summed E-state index contributed by atoms with van der Waals surface area (Å²) in [4.78, 5) is 23.7. The molecule has 0 unspecified atom stereocenters. The van der Waals surface area contributed by atoms with Gasteiger partial charge >= 0.3 is 0 Å². The second kappa shape index (κ2) is 4.19. The second-order valence-corrected chi connectivity index (χ2v) is 6.30. The number of nitrogens with zero attached hydrogens (tertiary/aromatic N) is 1. The van der Waals surface area contributed by atoms with Gasteiger partial charge in [-0.15, -0.1) is 0 Å². The molecule has 0 radical (unpaired) electrons. The Morgan fingerprint density at radius 3 is 1.94 bits per heavy atom. The Kier molecular flexibility index (Phi) is 3.33. The summed E-state index contributed by atoms with van der Waals surface area (Å²) in [6.45, 7) is 1.79. The number of hydrogen-bond acceptors (Lipinski definition) is 2. The summed E-state index contributed by atoms with van der Waals surface area (Å²) >= 11 is 13.0. The summed E-state index contributed by atoms with van der Waals surface area (Å²) in [7, 11) is 0. The monoisotopic (exact) mass is 473 g/mol. The largest absolute Gasteiger partial charge is 0.272 e. The fraction of sp³-hybridized carbons (Fsp3) is 0.111. The fourth-order valence-electron chi connectivity index (χ4n) is 1.53. The van der Waals surface area contributed by atoms with Crippen LogP contribution in [0, 0.1) is 6.92 Å². The van der Waals surface area contributed by atoms with Gasteiger partial charge < -0.3 is 0 Å². The fourth-order valence-corrected chi connectivity index (χ4v) is 3.61. The molecule has 1 aliphatic rings. The molecule has 1 aromatic carbocycles. The minimum absolute atomic E-state index is 0.341. The van der Waals surface area contributed by atoms with Gasteiger partial charge in [0.1, 0.15) is 0 Å². The van der Waals surface area contributed by atoms with E-state index in [9.17, 15) is 9.59 Å². The van der Waals surface area contributed by atoms with Gasteiger partial charge in [-0.2, -0.15) is 0 Å². The summed E-state index contributed by atoms with van der Waals surface area (Å²) in [5.41, 5.74) is 1.55. The van der Waals surface area contributed by atoms with Crippen molar-refractivity contribution in [2.75, 3.05) is 0 Å². The summed E-state index contributed by atoms with van der Waals surface area (Å²) in [5.74, 6) is -0.699. The second-order valence-electron chi connectivity index (χ2n) is 3.21. The van der Waals surface area contributed by atoms with Crippen molar-refractivity contribution in [1.29, 1.82) is 0 Å². The van der Waals surface area contributed by atoms with Crippen LogP contribution in [0.2, 0.25) is 0 Å². The number of fused-ring (bicyclic) bond motifs is 1. The first-order chi connectivity index (χ1) is 7.37. The Morgan fingerprint density at radius 2 is 1.38 bits per heavy atom. The van der Waals surface area contributed by atoms with Crippen molar-refractivity contribution < 1.29 is 9.59 Å². The first kappa shape index (κ1) is 12.7. The molecule has 0 aromatic heterocycles. The topological polar surface area (TPSA) is 37.4 Å². The highest BCUT2D eigenvalue weighted by molar-refractivity contribution is 9.14. The maximum atomic E-state index is 11.8. The van der Waals surface area contributed by atoms with Crippen LogP contribution in [-0.4, -0.2) is 15.7 Å². The molecule has 0 saturated carbocycles. The van der Waals surface area contributed by atoms with E-state index in [0.29, 0.717) is 15.6 Å².